The number of halogens is 1. The van der Waals surface area contributed by atoms with E-state index >= 15 is 0 Å². The van der Waals surface area contributed by atoms with E-state index in [1.807, 2.05) is 0 Å². The molecule has 1 rings (SSSR count). The van der Waals surface area contributed by atoms with E-state index in [0.717, 1.165) is 0 Å². The highest BCUT2D eigenvalue weighted by atomic mass is 32.1. The van der Waals surface area contributed by atoms with Gasteiger partial charge in [0.15, 0.2) is 5.11 Å². The molecule has 1 aromatic rings. The van der Waals surface area contributed by atoms with Crippen molar-refractivity contribution in [2.45, 2.75) is 0 Å². The molecule has 1 aromatic carbocycles. The number of hydrogen-bond acceptors (Lipinski definition) is 2. The summed E-state index contributed by atoms with van der Waals surface area (Å²) in [6.07, 6.45) is 0. The van der Waals surface area contributed by atoms with Crippen LogP contribution >= 0.6 is 12.2 Å². The Balaban J connectivity index is 2.44. The third-order valence-electron chi connectivity index (χ3n) is 1.50. The van der Waals surface area contributed by atoms with Gasteiger partial charge in [0.05, 0.1) is 0 Å². The molecule has 15 heavy (non-hydrogen) atoms. The average molecular weight is 228 g/mol. The van der Waals surface area contributed by atoms with E-state index in [4.69, 9.17) is 17.3 Å². The fourth-order valence-electron chi connectivity index (χ4n) is 0.864. The summed E-state index contributed by atoms with van der Waals surface area (Å²) in [6.45, 7) is -0.257. The summed E-state index contributed by atoms with van der Waals surface area (Å²) in [5.41, 5.74) is 0.597. The summed E-state index contributed by atoms with van der Waals surface area (Å²) < 4.78 is 12.5. The fraction of sp³-hybridized carbons (Fsp3) is 0.111. The van der Waals surface area contributed by atoms with Gasteiger partial charge in [0.1, 0.15) is 12.4 Å². The number of benzene rings is 1. The van der Waals surface area contributed by atoms with Crippen molar-refractivity contribution in [1.29, 1.82) is 0 Å². The number of rotatable bonds is 3. The van der Waals surface area contributed by atoms with Gasteiger partial charge in [-0.15, -0.1) is 0 Å². The Morgan fingerprint density at radius 3 is 2.53 bits per heavy atom. The number of carbonyl (C=O) groups is 1. The maximum Gasteiger partial charge on any atom is 0.322 e. The van der Waals surface area contributed by atoms with Gasteiger partial charge < -0.3 is 15.7 Å². The molecular weight excluding hydrogens is 219 g/mol. The van der Waals surface area contributed by atoms with E-state index in [-0.39, 0.29) is 17.5 Å². The van der Waals surface area contributed by atoms with Crippen LogP contribution < -0.4 is 10.6 Å². The van der Waals surface area contributed by atoms with E-state index in [2.05, 4.69) is 10.6 Å². The number of carboxylic acids is 1. The van der Waals surface area contributed by atoms with E-state index in [1.54, 1.807) is 0 Å². The first kappa shape index (κ1) is 11.4. The molecule has 0 heterocycles. The molecule has 0 saturated carbocycles. The average Bonchev–Trinajstić information content (AvgIpc) is 2.19. The number of anilines is 1. The molecule has 0 atom stereocenters. The maximum atomic E-state index is 12.5. The zero-order valence-corrected chi connectivity index (χ0v) is 8.47. The van der Waals surface area contributed by atoms with Gasteiger partial charge in [-0.2, -0.15) is 0 Å². The molecule has 0 unspecified atom stereocenters. The first-order valence-corrected chi connectivity index (χ1v) is 4.51. The minimum absolute atomic E-state index is 0.184. The van der Waals surface area contributed by atoms with Crippen LogP contribution in [0.4, 0.5) is 10.1 Å². The van der Waals surface area contributed by atoms with Crippen LogP contribution in [0.5, 0.6) is 0 Å². The fourth-order valence-corrected chi connectivity index (χ4v) is 1.05. The van der Waals surface area contributed by atoms with Crippen molar-refractivity contribution in [2.75, 3.05) is 11.9 Å². The summed E-state index contributed by atoms with van der Waals surface area (Å²) in [5, 5.41) is 13.7. The van der Waals surface area contributed by atoms with Crippen LogP contribution in [-0.4, -0.2) is 22.7 Å². The Kier molecular flexibility index (Phi) is 3.99. The maximum absolute atomic E-state index is 12.5. The quantitative estimate of drug-likeness (QED) is 0.678. The molecule has 0 aliphatic carbocycles. The lowest BCUT2D eigenvalue weighted by molar-refractivity contribution is -0.135. The first-order valence-electron chi connectivity index (χ1n) is 4.10. The number of aliphatic carboxylic acids is 1. The number of hydrogen-bond donors (Lipinski definition) is 3. The number of thiocarbonyl (C=S) groups is 1. The second kappa shape index (κ2) is 5.26. The van der Waals surface area contributed by atoms with Gasteiger partial charge in [0.25, 0.3) is 0 Å². The minimum Gasteiger partial charge on any atom is -0.480 e. The van der Waals surface area contributed by atoms with Crippen LogP contribution in [0.1, 0.15) is 0 Å². The summed E-state index contributed by atoms with van der Waals surface area (Å²) >= 11 is 4.81. The van der Waals surface area contributed by atoms with E-state index in [9.17, 15) is 9.18 Å². The van der Waals surface area contributed by atoms with Crippen molar-refractivity contribution in [2.24, 2.45) is 0 Å². The predicted molar refractivity (Wildman–Crippen MR) is 58.3 cm³/mol. The topological polar surface area (TPSA) is 61.4 Å². The second-order valence-electron chi connectivity index (χ2n) is 2.71. The molecular formula is C9H9FN2O2S. The molecule has 0 radical (unpaired) electrons. The monoisotopic (exact) mass is 228 g/mol. The molecule has 3 N–H and O–H groups in total. The van der Waals surface area contributed by atoms with Crippen molar-refractivity contribution in [3.63, 3.8) is 0 Å². The molecule has 0 aromatic heterocycles. The highest BCUT2D eigenvalue weighted by molar-refractivity contribution is 7.80. The standard InChI is InChI=1S/C9H9FN2O2S/c10-6-1-3-7(4-2-6)12-9(15)11-5-8(13)14/h1-4H,5H2,(H,13,14)(H2,11,12,15). The lowest BCUT2D eigenvalue weighted by Crippen LogP contribution is -2.32. The van der Waals surface area contributed by atoms with Crippen molar-refractivity contribution >= 4 is 29.0 Å². The van der Waals surface area contributed by atoms with Gasteiger partial charge in [0.2, 0.25) is 0 Å². The van der Waals surface area contributed by atoms with Gasteiger partial charge in [-0.3, -0.25) is 4.79 Å². The molecule has 0 aliphatic heterocycles. The SMILES string of the molecule is O=C(O)CNC(=S)Nc1ccc(F)cc1. The van der Waals surface area contributed by atoms with E-state index < -0.39 is 5.97 Å². The van der Waals surface area contributed by atoms with Gasteiger partial charge in [-0.25, -0.2) is 4.39 Å². The lowest BCUT2D eigenvalue weighted by atomic mass is 10.3. The van der Waals surface area contributed by atoms with Crippen LogP contribution in [-0.2, 0) is 4.79 Å². The summed E-state index contributed by atoms with van der Waals surface area (Å²) in [5.74, 6) is -1.34. The normalized spacial score (nSPS) is 9.40. The van der Waals surface area contributed by atoms with Crippen molar-refractivity contribution in [3.8, 4) is 0 Å². The molecule has 4 nitrogen and oxygen atoms in total. The Morgan fingerprint density at radius 2 is 2.00 bits per heavy atom. The number of nitrogens with one attached hydrogen (secondary N) is 2. The molecule has 0 amide bonds. The molecule has 0 fully saturated rings. The smallest absolute Gasteiger partial charge is 0.322 e. The Bertz CT molecular complexity index is 367. The highest BCUT2D eigenvalue weighted by Gasteiger charge is 2.00. The first-order chi connectivity index (χ1) is 7.08. The van der Waals surface area contributed by atoms with Crippen LogP contribution in [0.25, 0.3) is 0 Å². The summed E-state index contributed by atoms with van der Waals surface area (Å²) in [7, 11) is 0. The molecule has 0 spiro atoms. The Hall–Kier alpha value is -1.69. The zero-order chi connectivity index (χ0) is 11.3. The summed E-state index contributed by atoms with van der Waals surface area (Å²) in [4.78, 5) is 10.2. The van der Waals surface area contributed by atoms with Crippen LogP contribution in [0.2, 0.25) is 0 Å². The molecule has 6 heteroatoms. The molecule has 0 bridgehead atoms. The van der Waals surface area contributed by atoms with Crippen LogP contribution in [0.15, 0.2) is 24.3 Å². The van der Waals surface area contributed by atoms with Gasteiger partial charge in [-0.05, 0) is 36.5 Å². The number of carboxylic acid groups (broad SMARTS) is 1. The Labute approximate surface area is 91.1 Å². The van der Waals surface area contributed by atoms with Gasteiger partial charge >= 0.3 is 5.97 Å². The zero-order valence-electron chi connectivity index (χ0n) is 7.66. The van der Waals surface area contributed by atoms with Crippen LogP contribution in [0.3, 0.4) is 0 Å². The third-order valence-corrected chi connectivity index (χ3v) is 1.75. The summed E-state index contributed by atoms with van der Waals surface area (Å²) in [6, 6.07) is 5.57. The Morgan fingerprint density at radius 1 is 1.40 bits per heavy atom. The second-order valence-corrected chi connectivity index (χ2v) is 3.12. The predicted octanol–water partition coefficient (Wildman–Crippen LogP) is 1.20. The highest BCUT2D eigenvalue weighted by Crippen LogP contribution is 2.07. The lowest BCUT2D eigenvalue weighted by Gasteiger charge is -2.08. The van der Waals surface area contributed by atoms with E-state index in [0.29, 0.717) is 5.69 Å². The largest absolute Gasteiger partial charge is 0.480 e. The van der Waals surface area contributed by atoms with E-state index in [1.165, 1.54) is 24.3 Å². The third kappa shape index (κ3) is 4.37. The van der Waals surface area contributed by atoms with Crippen molar-refractivity contribution in [1.82, 2.24) is 5.32 Å². The molecule has 0 aliphatic rings. The molecule has 80 valence electrons. The van der Waals surface area contributed by atoms with Crippen molar-refractivity contribution < 1.29 is 14.3 Å². The van der Waals surface area contributed by atoms with Gasteiger partial charge in [0, 0.05) is 5.69 Å². The van der Waals surface area contributed by atoms with Crippen LogP contribution in [0, 0.1) is 5.82 Å². The minimum atomic E-state index is -1.00. The van der Waals surface area contributed by atoms with Gasteiger partial charge in [-0.1, -0.05) is 0 Å². The van der Waals surface area contributed by atoms with Crippen molar-refractivity contribution in [3.05, 3.63) is 30.1 Å². The molecule has 0 saturated heterocycles.